The fourth-order valence-electron chi connectivity index (χ4n) is 3.44. The highest BCUT2D eigenvalue weighted by molar-refractivity contribution is 6.03. The number of nitrogens with zero attached hydrogens (tertiary/aromatic N) is 4. The number of rotatable bonds is 7. The second kappa shape index (κ2) is 8.40. The molecule has 154 valence electrons. The second-order valence-corrected chi connectivity index (χ2v) is 7.16. The summed E-state index contributed by atoms with van der Waals surface area (Å²) in [6.07, 6.45) is 8.72. The first-order valence-electron chi connectivity index (χ1n) is 9.58. The van der Waals surface area contributed by atoms with Crippen molar-refractivity contribution in [3.05, 3.63) is 66.1 Å². The van der Waals surface area contributed by atoms with Gasteiger partial charge in [-0.25, -0.2) is 19.3 Å². The molecule has 1 amide bonds. The highest BCUT2D eigenvalue weighted by Gasteiger charge is 2.41. The van der Waals surface area contributed by atoms with E-state index in [1.54, 1.807) is 24.4 Å². The fourth-order valence-corrected chi connectivity index (χ4v) is 3.44. The van der Waals surface area contributed by atoms with E-state index < -0.39 is 0 Å². The van der Waals surface area contributed by atoms with Crippen LogP contribution in [0.4, 0.5) is 16.0 Å². The largest absolute Gasteiger partial charge is 0.481 e. The van der Waals surface area contributed by atoms with Crippen LogP contribution in [0.1, 0.15) is 35.3 Å². The van der Waals surface area contributed by atoms with Crippen LogP contribution in [0.15, 0.2) is 49.1 Å². The Labute approximate surface area is 173 Å². The van der Waals surface area contributed by atoms with Crippen molar-refractivity contribution in [3.63, 3.8) is 0 Å². The van der Waals surface area contributed by atoms with Crippen LogP contribution in [0.5, 0.6) is 5.88 Å². The minimum Gasteiger partial charge on any atom is -0.481 e. The van der Waals surface area contributed by atoms with E-state index in [4.69, 9.17) is 4.74 Å². The molecular formula is C21H21FN6O2. The number of carbonyl (C=O) groups is 1. The van der Waals surface area contributed by atoms with Crippen molar-refractivity contribution in [1.29, 1.82) is 0 Å². The number of carbonyl (C=O) groups excluding carboxylic acids is 1. The Hall–Kier alpha value is -3.62. The van der Waals surface area contributed by atoms with Gasteiger partial charge >= 0.3 is 0 Å². The highest BCUT2D eigenvalue weighted by Crippen LogP contribution is 2.43. The number of pyridine rings is 2. The van der Waals surface area contributed by atoms with Crippen LogP contribution in [0, 0.1) is 5.82 Å². The molecule has 0 radical (unpaired) electrons. The summed E-state index contributed by atoms with van der Waals surface area (Å²) in [7, 11) is 1.52. The number of hydrogen-bond acceptors (Lipinski definition) is 7. The summed E-state index contributed by atoms with van der Waals surface area (Å²) in [6, 6.07) is 6.37. The predicted molar refractivity (Wildman–Crippen MR) is 109 cm³/mol. The van der Waals surface area contributed by atoms with Crippen molar-refractivity contribution in [1.82, 2.24) is 19.9 Å². The van der Waals surface area contributed by atoms with Crippen molar-refractivity contribution in [2.75, 3.05) is 24.3 Å². The molecule has 0 saturated heterocycles. The fraction of sp³-hybridized carbons (Fsp3) is 0.286. The molecule has 1 saturated carbocycles. The molecule has 0 bridgehead atoms. The molecule has 0 atom stereocenters. The third kappa shape index (κ3) is 4.05. The van der Waals surface area contributed by atoms with Crippen LogP contribution in [-0.2, 0) is 5.41 Å². The van der Waals surface area contributed by atoms with Crippen molar-refractivity contribution < 1.29 is 13.9 Å². The standard InChI is InChI=1S/C21H21FN6O2/c1-30-17-6-5-15(12-24-17)28-19(29)14-10-25-20(26-11-14)27-13-21(7-3-8-21)18-16(22)4-2-9-23-18/h2,4-6,9-12H,3,7-8,13H2,1H3,(H,28,29)(H,25,26,27). The molecule has 9 heteroatoms. The maximum atomic E-state index is 14.2. The molecule has 30 heavy (non-hydrogen) atoms. The number of nitrogens with one attached hydrogen (secondary N) is 2. The third-order valence-corrected chi connectivity index (χ3v) is 5.27. The average molecular weight is 408 g/mol. The molecule has 4 rings (SSSR count). The van der Waals surface area contributed by atoms with Gasteiger partial charge in [-0.3, -0.25) is 9.78 Å². The number of halogens is 1. The first kappa shape index (κ1) is 19.7. The van der Waals surface area contributed by atoms with E-state index in [0.717, 1.165) is 19.3 Å². The number of ether oxygens (including phenoxy) is 1. The summed E-state index contributed by atoms with van der Waals surface area (Å²) in [5.74, 6) is 0.196. The van der Waals surface area contributed by atoms with E-state index in [1.807, 2.05) is 0 Å². The quantitative estimate of drug-likeness (QED) is 0.619. The average Bonchev–Trinajstić information content (AvgIpc) is 2.75. The van der Waals surface area contributed by atoms with Crippen molar-refractivity contribution in [3.8, 4) is 5.88 Å². The lowest BCUT2D eigenvalue weighted by Gasteiger charge is -2.41. The Morgan fingerprint density at radius 3 is 2.53 bits per heavy atom. The Balaban J connectivity index is 1.38. The smallest absolute Gasteiger partial charge is 0.258 e. The monoisotopic (exact) mass is 408 g/mol. The molecular weight excluding hydrogens is 387 g/mol. The molecule has 3 heterocycles. The van der Waals surface area contributed by atoms with Gasteiger partial charge in [0.25, 0.3) is 5.91 Å². The zero-order valence-electron chi connectivity index (χ0n) is 16.4. The van der Waals surface area contributed by atoms with E-state index in [1.165, 1.54) is 31.8 Å². The molecule has 3 aromatic rings. The summed E-state index contributed by atoms with van der Waals surface area (Å²) in [5.41, 5.74) is 0.970. The van der Waals surface area contributed by atoms with Gasteiger partial charge in [0.2, 0.25) is 11.8 Å². The molecule has 3 aromatic heterocycles. The molecule has 0 aliphatic heterocycles. The molecule has 1 aliphatic rings. The lowest BCUT2D eigenvalue weighted by Crippen LogP contribution is -2.42. The van der Waals surface area contributed by atoms with E-state index in [-0.39, 0.29) is 17.1 Å². The number of aromatic nitrogens is 4. The van der Waals surface area contributed by atoms with Gasteiger partial charge in [0, 0.05) is 36.6 Å². The van der Waals surface area contributed by atoms with Gasteiger partial charge in [-0.05, 0) is 31.0 Å². The highest BCUT2D eigenvalue weighted by atomic mass is 19.1. The van der Waals surface area contributed by atoms with Gasteiger partial charge in [0.15, 0.2) is 0 Å². The van der Waals surface area contributed by atoms with Crippen molar-refractivity contribution in [2.24, 2.45) is 0 Å². The van der Waals surface area contributed by atoms with Gasteiger partial charge in [-0.1, -0.05) is 6.42 Å². The predicted octanol–water partition coefficient (Wildman–Crippen LogP) is 3.20. The minimum absolute atomic E-state index is 0.292. The van der Waals surface area contributed by atoms with Gasteiger partial charge in [-0.2, -0.15) is 0 Å². The van der Waals surface area contributed by atoms with Crippen LogP contribution in [0.2, 0.25) is 0 Å². The van der Waals surface area contributed by atoms with Crippen LogP contribution in [0.25, 0.3) is 0 Å². The van der Waals surface area contributed by atoms with E-state index >= 15 is 0 Å². The van der Waals surface area contributed by atoms with Gasteiger partial charge in [0.05, 0.1) is 30.3 Å². The first-order chi connectivity index (χ1) is 14.6. The maximum absolute atomic E-state index is 14.2. The lowest BCUT2D eigenvalue weighted by atomic mass is 9.66. The summed E-state index contributed by atoms with van der Waals surface area (Å²) in [4.78, 5) is 29.1. The zero-order chi connectivity index (χ0) is 21.0. The summed E-state index contributed by atoms with van der Waals surface area (Å²) < 4.78 is 19.2. The Bertz CT molecular complexity index is 1020. The lowest BCUT2D eigenvalue weighted by molar-refractivity contribution is 0.102. The third-order valence-electron chi connectivity index (χ3n) is 5.27. The molecule has 0 aromatic carbocycles. The Kier molecular flexibility index (Phi) is 5.51. The number of methoxy groups -OCH3 is 1. The number of amides is 1. The van der Waals surface area contributed by atoms with Crippen molar-refractivity contribution in [2.45, 2.75) is 24.7 Å². The van der Waals surface area contributed by atoms with E-state index in [2.05, 4.69) is 30.6 Å². The molecule has 1 aliphatic carbocycles. The Morgan fingerprint density at radius 2 is 1.93 bits per heavy atom. The summed E-state index contributed by atoms with van der Waals surface area (Å²) in [6.45, 7) is 0.476. The Morgan fingerprint density at radius 1 is 1.13 bits per heavy atom. The van der Waals surface area contributed by atoms with Crippen LogP contribution in [-0.4, -0.2) is 39.5 Å². The van der Waals surface area contributed by atoms with E-state index in [0.29, 0.717) is 35.3 Å². The minimum atomic E-state index is -0.355. The number of anilines is 2. The van der Waals surface area contributed by atoms with E-state index in [9.17, 15) is 9.18 Å². The zero-order valence-corrected chi connectivity index (χ0v) is 16.4. The van der Waals surface area contributed by atoms with Crippen molar-refractivity contribution >= 4 is 17.5 Å². The van der Waals surface area contributed by atoms with Gasteiger partial charge < -0.3 is 15.4 Å². The normalized spacial score (nSPS) is 14.5. The van der Waals surface area contributed by atoms with Crippen LogP contribution in [0.3, 0.4) is 0 Å². The number of hydrogen-bond donors (Lipinski definition) is 2. The first-order valence-corrected chi connectivity index (χ1v) is 9.58. The van der Waals surface area contributed by atoms with Crippen LogP contribution < -0.4 is 15.4 Å². The maximum Gasteiger partial charge on any atom is 0.258 e. The molecule has 1 fully saturated rings. The topological polar surface area (TPSA) is 102 Å². The van der Waals surface area contributed by atoms with Crippen LogP contribution >= 0.6 is 0 Å². The molecule has 8 nitrogen and oxygen atoms in total. The van der Waals surface area contributed by atoms with Gasteiger partial charge in [-0.15, -0.1) is 0 Å². The van der Waals surface area contributed by atoms with Gasteiger partial charge in [0.1, 0.15) is 5.82 Å². The molecule has 2 N–H and O–H groups in total. The molecule has 0 unspecified atom stereocenters. The summed E-state index contributed by atoms with van der Waals surface area (Å²) in [5, 5.41) is 5.88. The second-order valence-electron chi connectivity index (χ2n) is 7.16. The molecule has 0 spiro atoms. The SMILES string of the molecule is COc1ccc(NC(=O)c2cnc(NCC3(c4ncccc4F)CCC3)nc2)cn1. The summed E-state index contributed by atoms with van der Waals surface area (Å²) >= 11 is 0.